The fraction of sp³-hybridized carbons (Fsp3) is 0. The van der Waals surface area contributed by atoms with Gasteiger partial charge in [-0.2, -0.15) is 0 Å². The van der Waals surface area contributed by atoms with E-state index in [0.717, 1.165) is 0 Å². The van der Waals surface area contributed by atoms with Crippen molar-refractivity contribution in [3.8, 4) is 5.75 Å². The third-order valence-electron chi connectivity index (χ3n) is 4.65. The monoisotopic (exact) mass is 341 g/mol. The van der Waals surface area contributed by atoms with E-state index in [2.05, 4.69) is 9.97 Å². The first kappa shape index (κ1) is 14.5. The van der Waals surface area contributed by atoms with E-state index >= 15 is 0 Å². The van der Waals surface area contributed by atoms with Gasteiger partial charge < -0.3 is 10.1 Å². The minimum Gasteiger partial charge on any atom is -0.871 e. The molecule has 0 spiro atoms. The van der Waals surface area contributed by atoms with Crippen LogP contribution in [0.1, 0.15) is 32.1 Å². The SMILES string of the molecule is O=C1c2[nH]c3ccccc3c(=O)c2C(=O)c2nc3ccccc3c([O-])c21. The summed E-state index contributed by atoms with van der Waals surface area (Å²) in [6.45, 7) is 0. The molecule has 0 aliphatic heterocycles. The van der Waals surface area contributed by atoms with E-state index in [4.69, 9.17) is 0 Å². The van der Waals surface area contributed by atoms with Crippen LogP contribution in [0.25, 0.3) is 21.8 Å². The summed E-state index contributed by atoms with van der Waals surface area (Å²) in [5.74, 6) is -1.94. The number of pyridine rings is 2. The number of hydrogen-bond donors (Lipinski definition) is 1. The topological polar surface area (TPSA) is 103 Å². The van der Waals surface area contributed by atoms with E-state index in [9.17, 15) is 19.5 Å². The normalized spacial score (nSPS) is 13.1. The first-order valence-corrected chi connectivity index (χ1v) is 7.92. The Morgan fingerprint density at radius 2 is 1.50 bits per heavy atom. The number of carbonyl (C=O) groups is 2. The molecule has 0 unspecified atom stereocenters. The lowest BCUT2D eigenvalue weighted by molar-refractivity contribution is -0.266. The van der Waals surface area contributed by atoms with Gasteiger partial charge in [0.15, 0.2) is 0 Å². The predicted molar refractivity (Wildman–Crippen MR) is 92.6 cm³/mol. The van der Waals surface area contributed by atoms with Crippen molar-refractivity contribution in [2.45, 2.75) is 0 Å². The number of fused-ring (bicyclic) bond motifs is 4. The number of rotatable bonds is 0. The van der Waals surface area contributed by atoms with Gasteiger partial charge in [-0.15, -0.1) is 0 Å². The molecule has 0 saturated heterocycles. The van der Waals surface area contributed by atoms with Crippen LogP contribution in [-0.4, -0.2) is 21.5 Å². The van der Waals surface area contributed by atoms with E-state index in [1.54, 1.807) is 48.5 Å². The van der Waals surface area contributed by atoms with Crippen molar-refractivity contribution in [1.29, 1.82) is 0 Å². The Hall–Kier alpha value is -3.80. The van der Waals surface area contributed by atoms with Gasteiger partial charge in [0.2, 0.25) is 17.0 Å². The molecule has 0 bridgehead atoms. The minimum absolute atomic E-state index is 0.152. The van der Waals surface area contributed by atoms with Crippen molar-refractivity contribution in [1.82, 2.24) is 9.97 Å². The number of aromatic nitrogens is 2. The van der Waals surface area contributed by atoms with Gasteiger partial charge in [-0.1, -0.05) is 36.1 Å². The number of para-hydroxylation sites is 2. The number of nitrogens with zero attached hydrogens (tertiary/aromatic N) is 1. The second kappa shape index (κ2) is 4.86. The van der Waals surface area contributed by atoms with E-state index in [1.807, 2.05) is 0 Å². The van der Waals surface area contributed by atoms with Crippen molar-refractivity contribution in [2.24, 2.45) is 0 Å². The van der Waals surface area contributed by atoms with Crippen LogP contribution in [0.4, 0.5) is 0 Å². The lowest BCUT2D eigenvalue weighted by atomic mass is 9.87. The van der Waals surface area contributed by atoms with Crippen molar-refractivity contribution in [3.05, 3.63) is 81.3 Å². The highest BCUT2D eigenvalue weighted by molar-refractivity contribution is 6.29. The van der Waals surface area contributed by atoms with Crippen LogP contribution in [0, 0.1) is 0 Å². The molecular formula is C20H9N2O4-. The lowest BCUT2D eigenvalue weighted by Gasteiger charge is -2.23. The number of ketones is 2. The summed E-state index contributed by atoms with van der Waals surface area (Å²) in [5, 5.41) is 13.3. The van der Waals surface area contributed by atoms with Gasteiger partial charge in [-0.3, -0.25) is 14.4 Å². The number of hydrogen-bond acceptors (Lipinski definition) is 5. The first-order valence-electron chi connectivity index (χ1n) is 7.92. The van der Waals surface area contributed by atoms with Crippen molar-refractivity contribution in [2.75, 3.05) is 0 Å². The van der Waals surface area contributed by atoms with Gasteiger partial charge in [0.25, 0.3) is 0 Å². The fourth-order valence-electron chi connectivity index (χ4n) is 3.42. The Kier molecular flexibility index (Phi) is 2.72. The highest BCUT2D eigenvalue weighted by Gasteiger charge is 2.35. The van der Waals surface area contributed by atoms with Crippen LogP contribution < -0.4 is 10.5 Å². The summed E-state index contributed by atoms with van der Waals surface area (Å²) < 4.78 is 0. The fourth-order valence-corrected chi connectivity index (χ4v) is 3.42. The Balaban J connectivity index is 1.93. The summed E-state index contributed by atoms with van der Waals surface area (Å²) in [6.07, 6.45) is 0. The van der Waals surface area contributed by atoms with Crippen LogP contribution in [-0.2, 0) is 0 Å². The third kappa shape index (κ3) is 1.70. The van der Waals surface area contributed by atoms with Gasteiger partial charge in [-0.05, 0) is 23.6 Å². The Bertz CT molecular complexity index is 1350. The van der Waals surface area contributed by atoms with Crippen molar-refractivity contribution < 1.29 is 14.7 Å². The molecule has 0 radical (unpaired) electrons. The lowest BCUT2D eigenvalue weighted by Crippen LogP contribution is -2.31. The molecular weight excluding hydrogens is 332 g/mol. The van der Waals surface area contributed by atoms with E-state index in [0.29, 0.717) is 16.4 Å². The average Bonchev–Trinajstić information content (AvgIpc) is 2.66. The molecule has 5 rings (SSSR count). The smallest absolute Gasteiger partial charge is 0.218 e. The molecule has 2 aromatic heterocycles. The molecule has 2 aromatic carbocycles. The van der Waals surface area contributed by atoms with E-state index in [1.165, 1.54) is 0 Å². The number of aromatic amines is 1. The zero-order valence-electron chi connectivity index (χ0n) is 13.2. The minimum atomic E-state index is -0.704. The van der Waals surface area contributed by atoms with E-state index < -0.39 is 22.7 Å². The number of benzene rings is 2. The van der Waals surface area contributed by atoms with E-state index in [-0.39, 0.29) is 27.9 Å². The van der Waals surface area contributed by atoms with Gasteiger partial charge in [0, 0.05) is 16.5 Å². The molecule has 6 heteroatoms. The maximum absolute atomic E-state index is 13.0. The van der Waals surface area contributed by atoms with Gasteiger partial charge >= 0.3 is 0 Å². The van der Waals surface area contributed by atoms with Crippen LogP contribution in [0.2, 0.25) is 0 Å². The van der Waals surface area contributed by atoms with Gasteiger partial charge in [-0.25, -0.2) is 4.98 Å². The zero-order chi connectivity index (χ0) is 18.0. The Morgan fingerprint density at radius 1 is 0.808 bits per heavy atom. The van der Waals surface area contributed by atoms with Gasteiger partial charge in [0.05, 0.1) is 11.1 Å². The predicted octanol–water partition coefficient (Wildman–Crippen LogP) is 1.93. The molecule has 2 heterocycles. The molecule has 6 nitrogen and oxygen atoms in total. The second-order valence-corrected chi connectivity index (χ2v) is 6.09. The maximum Gasteiger partial charge on any atom is 0.218 e. The van der Waals surface area contributed by atoms with Crippen LogP contribution in [0.15, 0.2) is 53.3 Å². The summed E-state index contributed by atoms with van der Waals surface area (Å²) in [7, 11) is 0. The van der Waals surface area contributed by atoms with Crippen molar-refractivity contribution >= 4 is 33.4 Å². The molecule has 4 aromatic rings. The van der Waals surface area contributed by atoms with Crippen molar-refractivity contribution in [3.63, 3.8) is 0 Å². The third-order valence-corrected chi connectivity index (χ3v) is 4.65. The quantitative estimate of drug-likeness (QED) is 0.463. The summed E-state index contributed by atoms with van der Waals surface area (Å²) >= 11 is 0. The molecule has 0 saturated carbocycles. The molecule has 1 aliphatic rings. The standard InChI is InChI=1S/C20H10N2O4/c23-17-9-5-1-3-7-11(9)21-15-13(17)19(25)16-14(20(15)26)18(24)10-6-2-4-8-12(10)22-16/h1-8H,(H,21,23)(H,22,24)/p-1. The highest BCUT2D eigenvalue weighted by Crippen LogP contribution is 2.33. The Labute approximate surface area is 145 Å². The second-order valence-electron chi connectivity index (χ2n) is 6.09. The zero-order valence-corrected chi connectivity index (χ0v) is 13.2. The van der Waals surface area contributed by atoms with Gasteiger partial charge in [0.1, 0.15) is 11.4 Å². The van der Waals surface area contributed by atoms with Crippen LogP contribution >= 0.6 is 0 Å². The summed E-state index contributed by atoms with van der Waals surface area (Å²) in [6, 6.07) is 13.1. The van der Waals surface area contributed by atoms with Crippen LogP contribution in [0.5, 0.6) is 5.75 Å². The molecule has 0 atom stereocenters. The molecule has 0 amide bonds. The largest absolute Gasteiger partial charge is 0.871 e. The molecule has 1 N–H and O–H groups in total. The molecule has 124 valence electrons. The first-order chi connectivity index (χ1) is 12.6. The molecule has 0 fully saturated rings. The highest BCUT2D eigenvalue weighted by atomic mass is 16.3. The number of carbonyl (C=O) groups excluding carboxylic acids is 2. The maximum atomic E-state index is 13.0. The Morgan fingerprint density at radius 3 is 2.31 bits per heavy atom. The molecule has 1 aliphatic carbocycles. The summed E-state index contributed by atoms with van der Waals surface area (Å²) in [5.41, 5.74) is -0.747. The molecule has 26 heavy (non-hydrogen) atoms. The van der Waals surface area contributed by atoms with Crippen LogP contribution in [0.3, 0.4) is 0 Å². The summed E-state index contributed by atoms with van der Waals surface area (Å²) in [4.78, 5) is 45.7. The average molecular weight is 341 g/mol. The number of nitrogens with one attached hydrogen (secondary N) is 1. The number of H-pyrrole nitrogens is 1.